The smallest absolute Gasteiger partial charge is 0.317 e. The van der Waals surface area contributed by atoms with Gasteiger partial charge in [-0.1, -0.05) is 17.7 Å². The van der Waals surface area contributed by atoms with E-state index >= 15 is 0 Å². The highest BCUT2D eigenvalue weighted by Gasteiger charge is 2.25. The predicted octanol–water partition coefficient (Wildman–Crippen LogP) is 2.49. The van der Waals surface area contributed by atoms with Crippen molar-refractivity contribution in [2.24, 2.45) is 5.92 Å². The molecule has 6 nitrogen and oxygen atoms in total. The number of likely N-dealkylation sites (N-methyl/N-ethyl adjacent to an activating group) is 1. The maximum atomic E-state index is 12.5. The van der Waals surface area contributed by atoms with Crippen molar-refractivity contribution in [3.05, 3.63) is 29.3 Å². The SMILES string of the molecule is CN(C)CCNC(=O)N1CCCC(CCS(=O)(=O)c2cccc(Cl)c2)C1. The quantitative estimate of drug-likeness (QED) is 0.762. The Balaban J connectivity index is 1.85. The van der Waals surface area contributed by atoms with Gasteiger partial charge in [0.05, 0.1) is 10.6 Å². The third kappa shape index (κ3) is 6.45. The largest absolute Gasteiger partial charge is 0.337 e. The lowest BCUT2D eigenvalue weighted by Crippen LogP contribution is -2.47. The fourth-order valence-corrected chi connectivity index (χ4v) is 4.81. The Morgan fingerprint density at radius 1 is 1.38 bits per heavy atom. The average molecular weight is 402 g/mol. The number of amides is 2. The number of rotatable bonds is 7. The molecule has 0 aliphatic carbocycles. The second-order valence-electron chi connectivity index (χ2n) is 7.05. The average Bonchev–Trinajstić information content (AvgIpc) is 2.60. The number of carbonyl (C=O) groups is 1. The third-order valence-electron chi connectivity index (χ3n) is 4.59. The van der Waals surface area contributed by atoms with Gasteiger partial charge < -0.3 is 15.1 Å². The summed E-state index contributed by atoms with van der Waals surface area (Å²) < 4.78 is 25.0. The number of urea groups is 1. The maximum Gasteiger partial charge on any atom is 0.317 e. The van der Waals surface area contributed by atoms with Gasteiger partial charge in [0, 0.05) is 31.2 Å². The van der Waals surface area contributed by atoms with Gasteiger partial charge in [0.1, 0.15) is 0 Å². The second-order valence-corrected chi connectivity index (χ2v) is 9.60. The standard InChI is InChI=1S/C18H28ClN3O3S/c1-21(2)11-9-20-18(23)22-10-4-5-15(14-22)8-12-26(24,25)17-7-3-6-16(19)13-17/h3,6-7,13,15H,4-5,8-12,14H2,1-2H3,(H,20,23). The molecule has 146 valence electrons. The van der Waals surface area contributed by atoms with Gasteiger partial charge in [-0.25, -0.2) is 13.2 Å². The number of nitrogens with zero attached hydrogens (tertiary/aromatic N) is 2. The first-order chi connectivity index (χ1) is 12.3. The zero-order valence-electron chi connectivity index (χ0n) is 15.4. The minimum atomic E-state index is -3.35. The summed E-state index contributed by atoms with van der Waals surface area (Å²) in [6.07, 6.45) is 2.41. The molecule has 0 saturated carbocycles. The van der Waals surface area contributed by atoms with E-state index < -0.39 is 9.84 Å². The molecular weight excluding hydrogens is 374 g/mol. The van der Waals surface area contributed by atoms with Gasteiger partial charge in [-0.05, 0) is 57.5 Å². The molecule has 1 unspecified atom stereocenters. The number of sulfone groups is 1. The first kappa shape index (κ1) is 21.0. The van der Waals surface area contributed by atoms with Crippen molar-refractivity contribution in [3.63, 3.8) is 0 Å². The van der Waals surface area contributed by atoms with Crippen LogP contribution in [0, 0.1) is 5.92 Å². The molecule has 0 bridgehead atoms. The van der Waals surface area contributed by atoms with Gasteiger partial charge in [0.2, 0.25) is 0 Å². The van der Waals surface area contributed by atoms with Crippen molar-refractivity contribution in [3.8, 4) is 0 Å². The molecule has 1 aromatic carbocycles. The molecule has 0 aromatic heterocycles. The number of piperidine rings is 1. The highest BCUT2D eigenvalue weighted by molar-refractivity contribution is 7.91. The summed E-state index contributed by atoms with van der Waals surface area (Å²) in [4.78, 5) is 16.3. The highest BCUT2D eigenvalue weighted by atomic mass is 35.5. The summed E-state index contributed by atoms with van der Waals surface area (Å²) in [5.74, 6) is 0.283. The van der Waals surface area contributed by atoms with Gasteiger partial charge in [-0.15, -0.1) is 0 Å². The molecule has 2 rings (SSSR count). The minimum absolute atomic E-state index is 0.0609. The Labute approximate surface area is 161 Å². The molecule has 26 heavy (non-hydrogen) atoms. The maximum absolute atomic E-state index is 12.5. The Morgan fingerprint density at radius 3 is 2.85 bits per heavy atom. The normalized spacial score (nSPS) is 18.2. The molecular formula is C18H28ClN3O3S. The molecule has 1 N–H and O–H groups in total. The van der Waals surface area contributed by atoms with Crippen LogP contribution in [0.15, 0.2) is 29.2 Å². The molecule has 1 saturated heterocycles. The Hall–Kier alpha value is -1.31. The van der Waals surface area contributed by atoms with Crippen LogP contribution in [0.5, 0.6) is 0 Å². The molecule has 0 spiro atoms. The number of benzene rings is 1. The van der Waals surface area contributed by atoms with E-state index in [9.17, 15) is 13.2 Å². The first-order valence-corrected chi connectivity index (χ1v) is 11.0. The van der Waals surface area contributed by atoms with E-state index in [1.165, 1.54) is 6.07 Å². The van der Waals surface area contributed by atoms with Gasteiger partial charge in [0.25, 0.3) is 0 Å². The van der Waals surface area contributed by atoms with Crippen LogP contribution in [-0.4, -0.2) is 70.3 Å². The molecule has 0 radical (unpaired) electrons. The van der Waals surface area contributed by atoms with Gasteiger partial charge >= 0.3 is 6.03 Å². The molecule has 1 heterocycles. The van der Waals surface area contributed by atoms with E-state index in [0.29, 0.717) is 24.5 Å². The van der Waals surface area contributed by atoms with Crippen LogP contribution in [0.1, 0.15) is 19.3 Å². The van der Waals surface area contributed by atoms with Crippen LogP contribution in [-0.2, 0) is 9.84 Å². The lowest BCUT2D eigenvalue weighted by atomic mass is 9.96. The Kier molecular flexibility index (Phi) is 7.73. The van der Waals surface area contributed by atoms with Crippen molar-refractivity contribution >= 4 is 27.5 Å². The van der Waals surface area contributed by atoms with Crippen LogP contribution in [0.25, 0.3) is 0 Å². The zero-order valence-corrected chi connectivity index (χ0v) is 17.0. The van der Waals surface area contributed by atoms with E-state index in [1.54, 1.807) is 23.1 Å². The molecule has 1 atom stereocenters. The summed E-state index contributed by atoms with van der Waals surface area (Å²) in [5.41, 5.74) is 0. The summed E-state index contributed by atoms with van der Waals surface area (Å²) in [7, 11) is 0.571. The van der Waals surface area contributed by atoms with Crippen LogP contribution < -0.4 is 5.32 Å². The summed E-state index contributed by atoms with van der Waals surface area (Å²) in [6, 6.07) is 6.31. The zero-order chi connectivity index (χ0) is 19.2. The van der Waals surface area contributed by atoms with Crippen molar-refractivity contribution in [1.82, 2.24) is 15.1 Å². The van der Waals surface area contributed by atoms with Crippen molar-refractivity contribution in [2.45, 2.75) is 24.2 Å². The molecule has 2 amide bonds. The number of nitrogens with one attached hydrogen (secondary N) is 1. The van der Waals surface area contributed by atoms with Crippen LogP contribution in [0.4, 0.5) is 4.79 Å². The third-order valence-corrected chi connectivity index (χ3v) is 6.57. The van der Waals surface area contributed by atoms with E-state index in [2.05, 4.69) is 5.32 Å². The molecule has 1 aliphatic heterocycles. The first-order valence-electron chi connectivity index (χ1n) is 8.94. The molecule has 1 aromatic rings. The van der Waals surface area contributed by atoms with Crippen molar-refractivity contribution in [1.29, 1.82) is 0 Å². The summed E-state index contributed by atoms with van der Waals surface area (Å²) in [5, 5.41) is 3.34. The summed E-state index contributed by atoms with van der Waals surface area (Å²) >= 11 is 5.90. The van der Waals surface area contributed by atoms with Crippen LogP contribution in [0.2, 0.25) is 5.02 Å². The number of halogens is 1. The van der Waals surface area contributed by atoms with E-state index in [0.717, 1.165) is 25.9 Å². The lowest BCUT2D eigenvalue weighted by molar-refractivity contribution is 0.163. The van der Waals surface area contributed by atoms with Gasteiger partial charge in [-0.2, -0.15) is 0 Å². The monoisotopic (exact) mass is 401 g/mol. The van der Waals surface area contributed by atoms with Crippen molar-refractivity contribution < 1.29 is 13.2 Å². The molecule has 1 aliphatic rings. The highest BCUT2D eigenvalue weighted by Crippen LogP contribution is 2.23. The van der Waals surface area contributed by atoms with Gasteiger partial charge in [0.15, 0.2) is 9.84 Å². The topological polar surface area (TPSA) is 69.7 Å². The lowest BCUT2D eigenvalue weighted by Gasteiger charge is -2.33. The Morgan fingerprint density at radius 2 is 2.15 bits per heavy atom. The summed E-state index contributed by atoms with van der Waals surface area (Å²) in [6.45, 7) is 2.74. The van der Waals surface area contributed by atoms with Crippen LogP contribution >= 0.6 is 11.6 Å². The molecule has 8 heteroatoms. The van der Waals surface area contributed by atoms with Crippen molar-refractivity contribution in [2.75, 3.05) is 46.0 Å². The number of likely N-dealkylation sites (tertiary alicyclic amines) is 1. The number of hydrogen-bond acceptors (Lipinski definition) is 4. The predicted molar refractivity (Wildman–Crippen MR) is 104 cm³/mol. The number of hydrogen-bond donors (Lipinski definition) is 1. The minimum Gasteiger partial charge on any atom is -0.337 e. The van der Waals surface area contributed by atoms with E-state index in [4.69, 9.17) is 11.6 Å². The Bertz CT molecular complexity index is 709. The fraction of sp³-hybridized carbons (Fsp3) is 0.611. The fourth-order valence-electron chi connectivity index (χ4n) is 3.08. The second kappa shape index (κ2) is 9.58. The number of carbonyl (C=O) groups excluding carboxylic acids is 1. The molecule has 1 fully saturated rings. The van der Waals surface area contributed by atoms with E-state index in [-0.39, 0.29) is 22.6 Å². The van der Waals surface area contributed by atoms with Gasteiger partial charge in [-0.3, -0.25) is 0 Å². The van der Waals surface area contributed by atoms with E-state index in [1.807, 2.05) is 19.0 Å². The van der Waals surface area contributed by atoms with Crippen LogP contribution in [0.3, 0.4) is 0 Å².